The molecule has 0 spiro atoms. The highest BCUT2D eigenvalue weighted by Gasteiger charge is 2.13. The molecular weight excluding hydrogens is 421 g/mol. The predicted molar refractivity (Wildman–Crippen MR) is 91.3 cm³/mol. The first-order valence-corrected chi connectivity index (χ1v) is 8.65. The average molecular weight is 436 g/mol. The van der Waals surface area contributed by atoms with Gasteiger partial charge in [-0.05, 0) is 88.6 Å². The fourth-order valence-electron chi connectivity index (χ4n) is 1.98. The van der Waals surface area contributed by atoms with Crippen molar-refractivity contribution in [3.05, 3.63) is 54.2 Å². The molecule has 1 aromatic carbocycles. The molecule has 0 aliphatic heterocycles. The minimum atomic E-state index is 0.397. The van der Waals surface area contributed by atoms with Gasteiger partial charge in [0.2, 0.25) is 0 Å². The van der Waals surface area contributed by atoms with Gasteiger partial charge in [-0.2, -0.15) is 11.3 Å². The molecular formula is C14H15BrINS. The van der Waals surface area contributed by atoms with Gasteiger partial charge in [-0.15, -0.1) is 0 Å². The van der Waals surface area contributed by atoms with Crippen LogP contribution in [0.15, 0.2) is 39.5 Å². The van der Waals surface area contributed by atoms with E-state index in [9.17, 15) is 0 Å². The lowest BCUT2D eigenvalue weighted by Crippen LogP contribution is -2.17. The molecule has 0 saturated heterocycles. The number of benzene rings is 1. The van der Waals surface area contributed by atoms with Crippen molar-refractivity contribution in [3.63, 3.8) is 0 Å². The number of thiophene rings is 1. The maximum atomic E-state index is 3.65. The Morgan fingerprint density at radius 3 is 2.89 bits per heavy atom. The number of nitrogens with one attached hydrogen (secondary N) is 1. The number of rotatable bonds is 5. The molecule has 1 heterocycles. The Balaban J connectivity index is 2.10. The smallest absolute Gasteiger partial charge is 0.0332 e. The molecule has 0 saturated carbocycles. The Bertz CT molecular complexity index is 499. The third-order valence-electron chi connectivity index (χ3n) is 2.98. The summed E-state index contributed by atoms with van der Waals surface area (Å²) < 4.78 is 2.47. The number of aryl methyl sites for hydroxylation is 1. The molecule has 1 N–H and O–H groups in total. The zero-order valence-corrected chi connectivity index (χ0v) is 14.7. The highest BCUT2D eigenvalue weighted by molar-refractivity contribution is 14.1. The standard InChI is InChI=1S/C14H15BrINS/c1-17-14(5-2-10-6-7-18-9-10)12-8-11(16)3-4-13(12)15/h3-4,6-9,14,17H,2,5H2,1H3. The highest BCUT2D eigenvalue weighted by Crippen LogP contribution is 2.28. The van der Waals surface area contributed by atoms with E-state index in [4.69, 9.17) is 0 Å². The van der Waals surface area contributed by atoms with Crippen molar-refractivity contribution in [2.75, 3.05) is 7.05 Å². The van der Waals surface area contributed by atoms with Gasteiger partial charge in [0.15, 0.2) is 0 Å². The number of halogens is 2. The van der Waals surface area contributed by atoms with E-state index in [1.807, 2.05) is 7.05 Å². The van der Waals surface area contributed by atoms with Crippen molar-refractivity contribution in [2.45, 2.75) is 18.9 Å². The van der Waals surface area contributed by atoms with Crippen LogP contribution >= 0.6 is 49.9 Å². The van der Waals surface area contributed by atoms with Gasteiger partial charge < -0.3 is 5.32 Å². The van der Waals surface area contributed by atoms with Crippen LogP contribution in [0.25, 0.3) is 0 Å². The van der Waals surface area contributed by atoms with Crippen LogP contribution < -0.4 is 5.32 Å². The molecule has 1 nitrogen and oxygen atoms in total. The van der Waals surface area contributed by atoms with Crippen LogP contribution in [0.4, 0.5) is 0 Å². The number of hydrogen-bond donors (Lipinski definition) is 1. The first kappa shape index (κ1) is 14.5. The summed E-state index contributed by atoms with van der Waals surface area (Å²) >= 11 is 7.78. The van der Waals surface area contributed by atoms with Gasteiger partial charge in [0.25, 0.3) is 0 Å². The zero-order valence-electron chi connectivity index (χ0n) is 10.1. The van der Waals surface area contributed by atoms with Crippen LogP contribution in [-0.4, -0.2) is 7.05 Å². The van der Waals surface area contributed by atoms with Crippen molar-refractivity contribution in [1.82, 2.24) is 5.32 Å². The summed E-state index contributed by atoms with van der Waals surface area (Å²) in [4.78, 5) is 0. The fraction of sp³-hybridized carbons (Fsp3) is 0.286. The van der Waals surface area contributed by atoms with Crippen molar-refractivity contribution in [3.8, 4) is 0 Å². The maximum absolute atomic E-state index is 3.65. The highest BCUT2D eigenvalue weighted by atomic mass is 127. The van der Waals surface area contributed by atoms with Crippen LogP contribution in [0.5, 0.6) is 0 Å². The molecule has 0 aliphatic carbocycles. The maximum Gasteiger partial charge on any atom is 0.0332 e. The van der Waals surface area contributed by atoms with E-state index >= 15 is 0 Å². The minimum absolute atomic E-state index is 0.397. The van der Waals surface area contributed by atoms with E-state index in [-0.39, 0.29) is 0 Å². The lowest BCUT2D eigenvalue weighted by molar-refractivity contribution is 0.547. The summed E-state index contributed by atoms with van der Waals surface area (Å²) in [6.07, 6.45) is 2.23. The van der Waals surface area contributed by atoms with Gasteiger partial charge in [0.05, 0.1) is 0 Å². The average Bonchev–Trinajstić information content (AvgIpc) is 2.87. The largest absolute Gasteiger partial charge is 0.313 e. The zero-order chi connectivity index (χ0) is 13.0. The van der Waals surface area contributed by atoms with Crippen molar-refractivity contribution >= 4 is 49.9 Å². The molecule has 96 valence electrons. The molecule has 1 unspecified atom stereocenters. The molecule has 0 aliphatic rings. The van der Waals surface area contributed by atoms with E-state index in [2.05, 4.69) is 78.9 Å². The molecule has 0 bridgehead atoms. The van der Waals surface area contributed by atoms with Gasteiger partial charge in [-0.25, -0.2) is 0 Å². The summed E-state index contributed by atoms with van der Waals surface area (Å²) in [5, 5.41) is 7.80. The lowest BCUT2D eigenvalue weighted by atomic mass is 10.0. The second kappa shape index (κ2) is 7.03. The van der Waals surface area contributed by atoms with Gasteiger partial charge >= 0.3 is 0 Å². The number of hydrogen-bond acceptors (Lipinski definition) is 2. The summed E-state index contributed by atoms with van der Waals surface area (Å²) in [6.45, 7) is 0. The lowest BCUT2D eigenvalue weighted by Gasteiger charge is -2.18. The third-order valence-corrected chi connectivity index (χ3v) is 5.11. The van der Waals surface area contributed by atoms with E-state index in [1.54, 1.807) is 11.3 Å². The summed E-state index contributed by atoms with van der Waals surface area (Å²) in [7, 11) is 2.03. The van der Waals surface area contributed by atoms with Crippen LogP contribution in [0.2, 0.25) is 0 Å². The van der Waals surface area contributed by atoms with Gasteiger partial charge in [-0.1, -0.05) is 15.9 Å². The van der Waals surface area contributed by atoms with Crippen molar-refractivity contribution in [2.24, 2.45) is 0 Å². The first-order chi connectivity index (χ1) is 8.70. The van der Waals surface area contributed by atoms with E-state index in [0.717, 1.165) is 12.8 Å². The van der Waals surface area contributed by atoms with Crippen LogP contribution in [-0.2, 0) is 6.42 Å². The van der Waals surface area contributed by atoms with Gasteiger partial charge in [0.1, 0.15) is 0 Å². The van der Waals surface area contributed by atoms with E-state index in [1.165, 1.54) is 19.2 Å². The first-order valence-electron chi connectivity index (χ1n) is 5.84. The van der Waals surface area contributed by atoms with Crippen LogP contribution in [0.3, 0.4) is 0 Å². The molecule has 0 amide bonds. The van der Waals surface area contributed by atoms with Crippen LogP contribution in [0.1, 0.15) is 23.6 Å². The molecule has 4 heteroatoms. The van der Waals surface area contributed by atoms with Crippen molar-refractivity contribution < 1.29 is 0 Å². The Morgan fingerprint density at radius 1 is 1.39 bits per heavy atom. The molecule has 18 heavy (non-hydrogen) atoms. The molecule has 2 aromatic rings. The second-order valence-corrected chi connectivity index (χ2v) is 7.06. The normalized spacial score (nSPS) is 12.6. The Morgan fingerprint density at radius 2 is 2.22 bits per heavy atom. The Kier molecular flexibility index (Phi) is 5.66. The molecule has 0 radical (unpaired) electrons. The van der Waals surface area contributed by atoms with E-state index < -0.39 is 0 Å². The summed E-state index contributed by atoms with van der Waals surface area (Å²) in [5.41, 5.74) is 2.78. The van der Waals surface area contributed by atoms with Gasteiger partial charge in [-0.3, -0.25) is 0 Å². The predicted octanol–water partition coefficient (Wildman–Crippen LogP) is 5.01. The van der Waals surface area contributed by atoms with Crippen molar-refractivity contribution in [1.29, 1.82) is 0 Å². The molecule has 1 atom stereocenters. The monoisotopic (exact) mass is 435 g/mol. The van der Waals surface area contributed by atoms with E-state index in [0.29, 0.717) is 6.04 Å². The Hall–Kier alpha value is 0.0900. The molecule has 1 aromatic heterocycles. The summed E-state index contributed by atoms with van der Waals surface area (Å²) in [6, 6.07) is 9.11. The quantitative estimate of drug-likeness (QED) is 0.651. The Labute approximate surface area is 134 Å². The second-order valence-electron chi connectivity index (χ2n) is 4.18. The SMILES string of the molecule is CNC(CCc1ccsc1)c1cc(I)ccc1Br. The molecule has 0 fully saturated rings. The summed E-state index contributed by atoms with van der Waals surface area (Å²) in [5.74, 6) is 0. The molecule has 2 rings (SSSR count). The van der Waals surface area contributed by atoms with Crippen LogP contribution in [0, 0.1) is 3.57 Å². The topological polar surface area (TPSA) is 12.0 Å². The fourth-order valence-corrected chi connectivity index (χ4v) is 3.72. The minimum Gasteiger partial charge on any atom is -0.313 e. The van der Waals surface area contributed by atoms with Gasteiger partial charge in [0, 0.05) is 14.1 Å². The third kappa shape index (κ3) is 3.79.